The van der Waals surface area contributed by atoms with Gasteiger partial charge in [-0.3, -0.25) is 9.59 Å². The van der Waals surface area contributed by atoms with Crippen LogP contribution in [0.25, 0.3) is 0 Å². The van der Waals surface area contributed by atoms with Gasteiger partial charge in [0.2, 0.25) is 5.91 Å². The smallest absolute Gasteiger partial charge is 0.255 e. The predicted octanol–water partition coefficient (Wildman–Crippen LogP) is 3.35. The van der Waals surface area contributed by atoms with Crippen LogP contribution >= 0.6 is 0 Å². The molecule has 174 valence electrons. The van der Waals surface area contributed by atoms with Crippen LogP contribution in [-0.2, 0) is 11.2 Å². The highest BCUT2D eigenvalue weighted by molar-refractivity contribution is 6.02. The average molecular weight is 450 g/mol. The minimum absolute atomic E-state index is 0.00403. The highest BCUT2D eigenvalue weighted by Crippen LogP contribution is 2.51. The Labute approximate surface area is 194 Å². The van der Waals surface area contributed by atoms with Gasteiger partial charge in [0.05, 0.1) is 19.8 Å². The quantitative estimate of drug-likeness (QED) is 0.630. The van der Waals surface area contributed by atoms with E-state index >= 15 is 0 Å². The second-order valence-electron chi connectivity index (χ2n) is 9.41. The van der Waals surface area contributed by atoms with Crippen LogP contribution in [0.1, 0.15) is 41.6 Å². The number of carbonyl (C=O) groups excluding carboxylic acids is 2. The van der Waals surface area contributed by atoms with E-state index in [0.29, 0.717) is 23.6 Å². The summed E-state index contributed by atoms with van der Waals surface area (Å²) in [6.45, 7) is 0.579. The molecule has 2 aromatic rings. The number of methoxy groups -OCH3 is 2. The molecule has 6 rings (SSSR count). The van der Waals surface area contributed by atoms with Gasteiger partial charge in [0, 0.05) is 24.1 Å². The number of carbonyl (C=O) groups is 2. The van der Waals surface area contributed by atoms with Gasteiger partial charge in [-0.25, -0.2) is 0 Å². The van der Waals surface area contributed by atoms with E-state index in [0.717, 1.165) is 43.4 Å². The summed E-state index contributed by atoms with van der Waals surface area (Å²) in [6.07, 6.45) is 4.36. The molecule has 0 aromatic heterocycles. The number of fused-ring (bicyclic) bond motifs is 3. The lowest BCUT2D eigenvalue weighted by atomic mass is 9.58. The van der Waals surface area contributed by atoms with E-state index < -0.39 is 5.66 Å². The molecule has 7 heteroatoms. The Kier molecular flexibility index (Phi) is 5.64. The molecule has 1 heterocycles. The SMILES string of the molecule is COc1ccc(CCNC(=O)[C@H]2C[C@H]3CC[C@@H]2C[C@@]32NC(=O)c3ccccc3N2)cc1OC. The molecule has 2 amide bonds. The van der Waals surface area contributed by atoms with Crippen molar-refractivity contribution in [3.8, 4) is 11.5 Å². The van der Waals surface area contributed by atoms with E-state index in [-0.39, 0.29) is 29.6 Å². The van der Waals surface area contributed by atoms with Crippen molar-refractivity contribution in [1.29, 1.82) is 0 Å². The summed E-state index contributed by atoms with van der Waals surface area (Å²) < 4.78 is 10.7. The van der Waals surface area contributed by atoms with Gasteiger partial charge in [0.1, 0.15) is 5.66 Å². The van der Waals surface area contributed by atoms with Gasteiger partial charge >= 0.3 is 0 Å². The molecule has 3 fully saturated rings. The zero-order chi connectivity index (χ0) is 23.0. The Bertz CT molecular complexity index is 1070. The van der Waals surface area contributed by atoms with Crippen LogP contribution in [0.3, 0.4) is 0 Å². The maximum atomic E-state index is 13.1. The maximum Gasteiger partial charge on any atom is 0.255 e. The maximum absolute atomic E-state index is 13.1. The van der Waals surface area contributed by atoms with E-state index in [2.05, 4.69) is 16.0 Å². The van der Waals surface area contributed by atoms with Gasteiger partial charge in [-0.2, -0.15) is 0 Å². The molecular weight excluding hydrogens is 418 g/mol. The monoisotopic (exact) mass is 449 g/mol. The molecule has 3 N–H and O–H groups in total. The first-order chi connectivity index (χ1) is 16.0. The predicted molar refractivity (Wildman–Crippen MR) is 125 cm³/mol. The van der Waals surface area contributed by atoms with Crippen molar-refractivity contribution in [2.24, 2.45) is 17.8 Å². The van der Waals surface area contributed by atoms with Crippen LogP contribution in [0.4, 0.5) is 5.69 Å². The summed E-state index contributed by atoms with van der Waals surface area (Å²) >= 11 is 0. The van der Waals surface area contributed by atoms with E-state index in [1.807, 2.05) is 42.5 Å². The Hall–Kier alpha value is -3.22. The van der Waals surface area contributed by atoms with Crippen LogP contribution in [-0.4, -0.2) is 38.2 Å². The molecule has 33 heavy (non-hydrogen) atoms. The van der Waals surface area contributed by atoms with Gasteiger partial charge in [-0.1, -0.05) is 18.2 Å². The van der Waals surface area contributed by atoms with Crippen LogP contribution in [0.15, 0.2) is 42.5 Å². The van der Waals surface area contributed by atoms with Crippen molar-refractivity contribution in [2.75, 3.05) is 26.1 Å². The molecule has 3 saturated carbocycles. The summed E-state index contributed by atoms with van der Waals surface area (Å²) in [6, 6.07) is 13.5. The molecule has 2 bridgehead atoms. The summed E-state index contributed by atoms with van der Waals surface area (Å²) in [5.41, 5.74) is 2.23. The average Bonchev–Trinajstić information content (AvgIpc) is 2.84. The third-order valence-electron chi connectivity index (χ3n) is 7.64. The van der Waals surface area contributed by atoms with Crippen LogP contribution in [0.2, 0.25) is 0 Å². The number of benzene rings is 2. The standard InChI is InChI=1S/C26H31N3O4/c1-32-22-10-7-16(13-23(22)33-2)11-12-27-24(30)20-14-18-9-8-17(20)15-26(18)28-21-6-4-3-5-19(21)25(31)29-26/h3-7,10,13,17-18,20,28H,8-9,11-12,14-15H2,1-2H3,(H,27,30)(H,29,31)/t17-,18-,20+,26-/m1/s1. The second kappa shape index (κ2) is 8.61. The van der Waals surface area contributed by atoms with Crippen molar-refractivity contribution in [2.45, 2.75) is 37.8 Å². The highest BCUT2D eigenvalue weighted by Gasteiger charge is 2.55. The number of hydrogen-bond donors (Lipinski definition) is 3. The van der Waals surface area contributed by atoms with Gasteiger partial charge < -0.3 is 25.4 Å². The van der Waals surface area contributed by atoms with Crippen molar-refractivity contribution in [3.63, 3.8) is 0 Å². The molecular formula is C26H31N3O4. The Morgan fingerprint density at radius 3 is 2.67 bits per heavy atom. The molecule has 4 atom stereocenters. The van der Waals surface area contributed by atoms with Crippen LogP contribution in [0, 0.1) is 17.8 Å². The largest absolute Gasteiger partial charge is 0.493 e. The van der Waals surface area contributed by atoms with Gasteiger partial charge in [0.25, 0.3) is 5.91 Å². The molecule has 0 unspecified atom stereocenters. The Morgan fingerprint density at radius 1 is 1.09 bits per heavy atom. The Balaban J connectivity index is 1.21. The third-order valence-corrected chi connectivity index (χ3v) is 7.64. The second-order valence-corrected chi connectivity index (χ2v) is 9.41. The van der Waals surface area contributed by atoms with Crippen LogP contribution < -0.4 is 25.4 Å². The number of amides is 2. The first kappa shape index (κ1) is 21.6. The van der Waals surface area contributed by atoms with Gasteiger partial charge in [-0.05, 0) is 67.9 Å². The van der Waals surface area contributed by atoms with Crippen molar-refractivity contribution in [1.82, 2.24) is 10.6 Å². The fourth-order valence-electron chi connectivity index (χ4n) is 5.96. The van der Waals surface area contributed by atoms with Crippen molar-refractivity contribution >= 4 is 17.5 Å². The van der Waals surface area contributed by atoms with E-state index in [4.69, 9.17) is 9.47 Å². The van der Waals surface area contributed by atoms with E-state index in [1.54, 1.807) is 14.2 Å². The highest BCUT2D eigenvalue weighted by atomic mass is 16.5. The minimum Gasteiger partial charge on any atom is -0.493 e. The zero-order valence-electron chi connectivity index (χ0n) is 19.1. The zero-order valence-corrected chi connectivity index (χ0v) is 19.1. The van der Waals surface area contributed by atoms with Crippen LogP contribution in [0.5, 0.6) is 11.5 Å². The number of hydrogen-bond acceptors (Lipinski definition) is 5. The summed E-state index contributed by atoms with van der Waals surface area (Å²) in [4.78, 5) is 25.8. The fourth-order valence-corrected chi connectivity index (χ4v) is 5.96. The number of nitrogens with one attached hydrogen (secondary N) is 3. The van der Waals surface area contributed by atoms with Crippen molar-refractivity contribution in [3.05, 3.63) is 53.6 Å². The molecule has 4 aliphatic rings. The first-order valence-corrected chi connectivity index (χ1v) is 11.7. The minimum atomic E-state index is -0.440. The van der Waals surface area contributed by atoms with E-state index in [1.165, 1.54) is 0 Å². The molecule has 0 saturated heterocycles. The lowest BCUT2D eigenvalue weighted by Crippen LogP contribution is -2.68. The third kappa shape index (κ3) is 3.90. The molecule has 7 nitrogen and oxygen atoms in total. The topological polar surface area (TPSA) is 88.7 Å². The number of rotatable bonds is 6. The van der Waals surface area contributed by atoms with Crippen molar-refractivity contribution < 1.29 is 19.1 Å². The van der Waals surface area contributed by atoms with Gasteiger partial charge in [-0.15, -0.1) is 0 Å². The van der Waals surface area contributed by atoms with E-state index in [9.17, 15) is 9.59 Å². The molecule has 1 aliphatic heterocycles. The molecule has 2 aromatic carbocycles. The number of anilines is 1. The molecule has 0 radical (unpaired) electrons. The number of para-hydroxylation sites is 1. The summed E-state index contributed by atoms with van der Waals surface area (Å²) in [5.74, 6) is 1.99. The fraction of sp³-hybridized carbons (Fsp3) is 0.462. The summed E-state index contributed by atoms with van der Waals surface area (Å²) in [7, 11) is 3.24. The normalized spacial score (nSPS) is 27.3. The Morgan fingerprint density at radius 2 is 1.91 bits per heavy atom. The lowest BCUT2D eigenvalue weighted by Gasteiger charge is -2.56. The first-order valence-electron chi connectivity index (χ1n) is 11.7. The molecule has 1 spiro atoms. The summed E-state index contributed by atoms with van der Waals surface area (Å²) in [5, 5.41) is 10.0. The lowest BCUT2D eigenvalue weighted by molar-refractivity contribution is -0.132. The van der Waals surface area contributed by atoms with Gasteiger partial charge in [0.15, 0.2) is 11.5 Å². The molecule has 3 aliphatic carbocycles. The number of ether oxygens (including phenoxy) is 2.